The summed E-state index contributed by atoms with van der Waals surface area (Å²) in [5.41, 5.74) is 0.993. The van der Waals surface area contributed by atoms with Gasteiger partial charge in [-0.05, 0) is 63.9 Å². The van der Waals surface area contributed by atoms with Gasteiger partial charge in [0.05, 0.1) is 30.9 Å². The minimum Gasteiger partial charge on any atom is -0.382 e. The molecule has 2 N–H and O–H groups in total. The van der Waals surface area contributed by atoms with Crippen LogP contribution in [0.5, 0.6) is 0 Å². The van der Waals surface area contributed by atoms with Crippen molar-refractivity contribution < 1.29 is 33.4 Å². The summed E-state index contributed by atoms with van der Waals surface area (Å²) in [6.45, 7) is 5.71. The molecule has 0 radical (unpaired) electrons. The largest absolute Gasteiger partial charge is 0.382 e. The van der Waals surface area contributed by atoms with Crippen LogP contribution in [0.2, 0.25) is 0 Å². The molecule has 2 saturated heterocycles. The van der Waals surface area contributed by atoms with Gasteiger partial charge in [0, 0.05) is 31.2 Å². The van der Waals surface area contributed by atoms with E-state index in [-0.39, 0.29) is 29.9 Å². The Kier molecular flexibility index (Phi) is 11.2. The molecule has 0 bridgehead atoms. The van der Waals surface area contributed by atoms with Crippen molar-refractivity contribution in [3.05, 3.63) is 29.3 Å². The van der Waals surface area contributed by atoms with E-state index < -0.39 is 29.7 Å². The zero-order valence-corrected chi connectivity index (χ0v) is 23.0. The van der Waals surface area contributed by atoms with Gasteiger partial charge < -0.3 is 24.5 Å². The van der Waals surface area contributed by atoms with Crippen LogP contribution in [0.25, 0.3) is 0 Å². The third-order valence-electron chi connectivity index (χ3n) is 7.74. The minimum atomic E-state index is -0.987. The topological polar surface area (TPSA) is 134 Å². The van der Waals surface area contributed by atoms with E-state index in [0.717, 1.165) is 56.5 Å². The van der Waals surface area contributed by atoms with E-state index in [1.54, 1.807) is 18.2 Å². The number of rotatable bonds is 16. The molecular formula is C29H40N4O7. The van der Waals surface area contributed by atoms with Gasteiger partial charge in [-0.25, -0.2) is 0 Å². The molecule has 3 aliphatic heterocycles. The Bertz CT molecular complexity index is 1070. The SMILES string of the molecule is O=CC1CCN(CCCCCCOCCOCCNc2cccc3c2C(=O)N(C2CCC(=O)NC2=O)C3=O)CC1. The van der Waals surface area contributed by atoms with Crippen molar-refractivity contribution in [3.63, 3.8) is 0 Å². The van der Waals surface area contributed by atoms with Gasteiger partial charge in [-0.2, -0.15) is 0 Å². The maximum absolute atomic E-state index is 13.1. The molecule has 4 amide bonds. The predicted molar refractivity (Wildman–Crippen MR) is 147 cm³/mol. The van der Waals surface area contributed by atoms with Gasteiger partial charge in [-0.3, -0.25) is 29.4 Å². The second-order valence-corrected chi connectivity index (χ2v) is 10.6. The first kappa shape index (κ1) is 29.8. The number of imide groups is 2. The van der Waals surface area contributed by atoms with Crippen LogP contribution in [-0.4, -0.2) is 98.4 Å². The maximum atomic E-state index is 13.1. The summed E-state index contributed by atoms with van der Waals surface area (Å²) in [6.07, 6.45) is 7.82. The van der Waals surface area contributed by atoms with Gasteiger partial charge in [0.25, 0.3) is 11.8 Å². The molecule has 3 heterocycles. The number of likely N-dealkylation sites (tertiary alicyclic amines) is 1. The Morgan fingerprint density at radius 3 is 2.40 bits per heavy atom. The second kappa shape index (κ2) is 15.0. The van der Waals surface area contributed by atoms with Gasteiger partial charge in [0.2, 0.25) is 11.8 Å². The summed E-state index contributed by atoms with van der Waals surface area (Å²) in [7, 11) is 0. The van der Waals surface area contributed by atoms with Crippen molar-refractivity contribution in [2.45, 2.75) is 57.4 Å². The zero-order chi connectivity index (χ0) is 28.3. The van der Waals surface area contributed by atoms with Crippen LogP contribution in [-0.2, 0) is 23.9 Å². The van der Waals surface area contributed by atoms with Crippen molar-refractivity contribution in [1.82, 2.24) is 15.1 Å². The summed E-state index contributed by atoms with van der Waals surface area (Å²) < 4.78 is 11.3. The molecule has 0 aliphatic carbocycles. The van der Waals surface area contributed by atoms with E-state index in [1.165, 1.54) is 12.8 Å². The number of hydrogen-bond donors (Lipinski definition) is 2. The summed E-state index contributed by atoms with van der Waals surface area (Å²) in [5, 5.41) is 5.36. The Balaban J connectivity index is 1.05. The molecule has 4 rings (SSSR count). The van der Waals surface area contributed by atoms with Crippen LogP contribution in [0.3, 0.4) is 0 Å². The number of amides is 4. The number of ether oxygens (including phenoxy) is 2. The fourth-order valence-electron chi connectivity index (χ4n) is 5.45. The number of carbonyl (C=O) groups excluding carboxylic acids is 5. The molecule has 11 nitrogen and oxygen atoms in total. The van der Waals surface area contributed by atoms with Crippen molar-refractivity contribution in [2.75, 3.05) is 57.9 Å². The highest BCUT2D eigenvalue weighted by atomic mass is 16.5. The fourth-order valence-corrected chi connectivity index (χ4v) is 5.45. The van der Waals surface area contributed by atoms with E-state index in [9.17, 15) is 24.0 Å². The predicted octanol–water partition coefficient (Wildman–Crippen LogP) is 2.00. The first-order valence-corrected chi connectivity index (χ1v) is 14.4. The summed E-state index contributed by atoms with van der Waals surface area (Å²) >= 11 is 0. The number of aldehydes is 1. The molecule has 3 aliphatic rings. The number of fused-ring (bicyclic) bond motifs is 1. The van der Waals surface area contributed by atoms with Gasteiger partial charge >= 0.3 is 0 Å². The summed E-state index contributed by atoms with van der Waals surface area (Å²) in [6, 6.07) is 3.99. The second-order valence-electron chi connectivity index (χ2n) is 10.6. The van der Waals surface area contributed by atoms with E-state index in [4.69, 9.17) is 9.47 Å². The van der Waals surface area contributed by atoms with Gasteiger partial charge in [0.15, 0.2) is 0 Å². The third kappa shape index (κ3) is 7.74. The Hall–Kier alpha value is -3.15. The maximum Gasteiger partial charge on any atom is 0.264 e. The van der Waals surface area contributed by atoms with Crippen molar-refractivity contribution in [1.29, 1.82) is 0 Å². The standard InChI is InChI=1S/C29H40N4O7/c34-20-21-10-14-32(15-11-21)13-3-1-2-4-16-39-18-19-40-17-12-30-23-7-5-6-22-26(23)29(38)33(28(22)37)24-8-9-25(35)31-27(24)36/h5-7,20-21,24,30H,1-4,8-19H2,(H,31,35,36). The van der Waals surface area contributed by atoms with Crippen molar-refractivity contribution >= 4 is 35.6 Å². The normalized spacial score (nSPS) is 20.1. The lowest BCUT2D eigenvalue weighted by molar-refractivity contribution is -0.136. The number of unbranched alkanes of at least 4 members (excludes halogenated alkanes) is 3. The molecule has 218 valence electrons. The Morgan fingerprint density at radius 2 is 1.65 bits per heavy atom. The number of piperidine rings is 2. The van der Waals surface area contributed by atoms with Crippen LogP contribution in [0.1, 0.15) is 72.1 Å². The molecule has 0 aromatic heterocycles. The number of benzene rings is 1. The van der Waals surface area contributed by atoms with Crippen LogP contribution >= 0.6 is 0 Å². The van der Waals surface area contributed by atoms with Crippen LogP contribution < -0.4 is 10.6 Å². The molecule has 0 spiro atoms. The average molecular weight is 557 g/mol. The summed E-state index contributed by atoms with van der Waals surface area (Å²) in [4.78, 5) is 64.0. The van der Waals surface area contributed by atoms with Gasteiger partial charge in [-0.1, -0.05) is 18.9 Å². The smallest absolute Gasteiger partial charge is 0.264 e. The van der Waals surface area contributed by atoms with Gasteiger partial charge in [-0.15, -0.1) is 0 Å². The van der Waals surface area contributed by atoms with Crippen molar-refractivity contribution in [2.24, 2.45) is 5.92 Å². The van der Waals surface area contributed by atoms with E-state index in [0.29, 0.717) is 38.7 Å². The molecule has 2 fully saturated rings. The van der Waals surface area contributed by atoms with Crippen LogP contribution in [0, 0.1) is 5.92 Å². The quantitative estimate of drug-likeness (QED) is 0.178. The number of nitrogens with zero attached hydrogens (tertiary/aromatic N) is 2. The monoisotopic (exact) mass is 556 g/mol. The summed E-state index contributed by atoms with van der Waals surface area (Å²) in [5.74, 6) is -1.83. The lowest BCUT2D eigenvalue weighted by Crippen LogP contribution is -2.54. The lowest BCUT2D eigenvalue weighted by atomic mass is 9.98. The molecule has 11 heteroatoms. The Labute approximate surface area is 234 Å². The minimum absolute atomic E-state index is 0.0834. The highest BCUT2D eigenvalue weighted by Crippen LogP contribution is 2.32. The highest BCUT2D eigenvalue weighted by molar-refractivity contribution is 6.25. The van der Waals surface area contributed by atoms with E-state index >= 15 is 0 Å². The van der Waals surface area contributed by atoms with Crippen LogP contribution in [0.4, 0.5) is 5.69 Å². The van der Waals surface area contributed by atoms with Crippen molar-refractivity contribution in [3.8, 4) is 0 Å². The number of nitrogens with one attached hydrogen (secondary N) is 2. The average Bonchev–Trinajstić information content (AvgIpc) is 3.21. The van der Waals surface area contributed by atoms with Crippen LogP contribution in [0.15, 0.2) is 18.2 Å². The molecule has 1 aromatic carbocycles. The zero-order valence-electron chi connectivity index (χ0n) is 23.0. The lowest BCUT2D eigenvalue weighted by Gasteiger charge is -2.29. The van der Waals surface area contributed by atoms with Gasteiger partial charge in [0.1, 0.15) is 12.3 Å². The van der Waals surface area contributed by atoms with E-state index in [2.05, 4.69) is 15.5 Å². The molecule has 1 unspecified atom stereocenters. The molecular weight excluding hydrogens is 516 g/mol. The Morgan fingerprint density at radius 1 is 0.900 bits per heavy atom. The third-order valence-corrected chi connectivity index (χ3v) is 7.74. The fraction of sp³-hybridized carbons (Fsp3) is 0.621. The first-order chi connectivity index (χ1) is 19.5. The number of anilines is 1. The number of hydrogen-bond acceptors (Lipinski definition) is 9. The molecule has 1 aromatic rings. The molecule has 40 heavy (non-hydrogen) atoms. The number of carbonyl (C=O) groups is 5. The molecule has 0 saturated carbocycles. The first-order valence-electron chi connectivity index (χ1n) is 14.4. The molecule has 1 atom stereocenters. The van der Waals surface area contributed by atoms with E-state index in [1.807, 2.05) is 0 Å². The highest BCUT2D eigenvalue weighted by Gasteiger charge is 2.45.